The summed E-state index contributed by atoms with van der Waals surface area (Å²) >= 11 is 1.35. The molecule has 1 fully saturated rings. The van der Waals surface area contributed by atoms with Gasteiger partial charge < -0.3 is 10.6 Å². The molecule has 1 aliphatic heterocycles. The molecule has 0 saturated carbocycles. The zero-order chi connectivity index (χ0) is 17.2. The summed E-state index contributed by atoms with van der Waals surface area (Å²) in [6.45, 7) is 0. The van der Waals surface area contributed by atoms with Gasteiger partial charge in [-0.1, -0.05) is 66.4 Å². The number of carbonyl (C=O) groups excluding carboxylic acids is 1. The minimum Gasteiger partial charge on any atom is -0.354 e. The van der Waals surface area contributed by atoms with Crippen LogP contribution in [0.25, 0.3) is 16.8 Å². The van der Waals surface area contributed by atoms with Crippen molar-refractivity contribution >= 4 is 40.2 Å². The lowest BCUT2D eigenvalue weighted by molar-refractivity contribution is -0.116. The second-order valence-electron chi connectivity index (χ2n) is 5.67. The number of amides is 1. The molecule has 0 bridgehead atoms. The molecule has 124 valence electrons. The van der Waals surface area contributed by atoms with E-state index < -0.39 is 5.50 Å². The standard InChI is InChI=1S/C20H15FN2OS/c21-16-10-3-4-11-17(16)22-20-23-19(24)18(25-20)12-14-8-5-7-13-6-1-2-9-15(13)14/h1-12,20,22H,(H,23,24)/b18-12-. The molecule has 0 radical (unpaired) electrons. The molecule has 0 aliphatic carbocycles. The molecule has 3 aromatic rings. The number of hydrogen-bond donors (Lipinski definition) is 2. The van der Waals surface area contributed by atoms with E-state index in [1.165, 1.54) is 17.8 Å². The van der Waals surface area contributed by atoms with Crippen LogP contribution in [0.4, 0.5) is 10.1 Å². The smallest absolute Gasteiger partial charge is 0.260 e. The van der Waals surface area contributed by atoms with Crippen LogP contribution in [0.2, 0.25) is 0 Å². The number of rotatable bonds is 3. The Kier molecular flexibility index (Phi) is 4.15. The third kappa shape index (κ3) is 3.23. The van der Waals surface area contributed by atoms with Crippen LogP contribution in [0.5, 0.6) is 0 Å². The predicted molar refractivity (Wildman–Crippen MR) is 101 cm³/mol. The van der Waals surface area contributed by atoms with Crippen molar-refractivity contribution < 1.29 is 9.18 Å². The van der Waals surface area contributed by atoms with Gasteiger partial charge >= 0.3 is 0 Å². The normalized spacial score (nSPS) is 18.5. The van der Waals surface area contributed by atoms with E-state index in [0.29, 0.717) is 10.6 Å². The van der Waals surface area contributed by atoms with Crippen LogP contribution in [0, 0.1) is 5.82 Å². The van der Waals surface area contributed by atoms with E-state index in [9.17, 15) is 9.18 Å². The number of halogens is 1. The van der Waals surface area contributed by atoms with Crippen LogP contribution in [-0.4, -0.2) is 11.4 Å². The van der Waals surface area contributed by atoms with E-state index in [4.69, 9.17) is 0 Å². The van der Waals surface area contributed by atoms with Gasteiger partial charge in [0.1, 0.15) is 5.82 Å². The van der Waals surface area contributed by atoms with E-state index in [1.807, 2.05) is 48.5 Å². The molecule has 2 N–H and O–H groups in total. The molecule has 1 saturated heterocycles. The first kappa shape index (κ1) is 15.7. The van der Waals surface area contributed by atoms with Crippen LogP contribution >= 0.6 is 11.8 Å². The Balaban J connectivity index is 1.60. The lowest BCUT2D eigenvalue weighted by atomic mass is 10.0. The number of anilines is 1. The molecule has 1 atom stereocenters. The first-order valence-corrected chi connectivity index (χ1v) is 8.77. The van der Waals surface area contributed by atoms with Gasteiger partial charge in [0.2, 0.25) is 0 Å². The molecule has 5 heteroatoms. The van der Waals surface area contributed by atoms with Crippen LogP contribution in [-0.2, 0) is 4.79 Å². The van der Waals surface area contributed by atoms with Gasteiger partial charge in [-0.3, -0.25) is 4.79 Å². The van der Waals surface area contributed by atoms with Crippen molar-refractivity contribution in [2.24, 2.45) is 0 Å². The van der Waals surface area contributed by atoms with Crippen molar-refractivity contribution in [2.45, 2.75) is 5.50 Å². The molecule has 1 heterocycles. The molecule has 25 heavy (non-hydrogen) atoms. The van der Waals surface area contributed by atoms with Gasteiger partial charge in [-0.05, 0) is 34.5 Å². The number of nitrogens with one attached hydrogen (secondary N) is 2. The minimum atomic E-state index is -0.398. The number of carbonyl (C=O) groups is 1. The molecule has 1 unspecified atom stereocenters. The van der Waals surface area contributed by atoms with Crippen molar-refractivity contribution in [3.63, 3.8) is 0 Å². The third-order valence-corrected chi connectivity index (χ3v) is 5.03. The van der Waals surface area contributed by atoms with Crippen molar-refractivity contribution in [1.29, 1.82) is 0 Å². The Bertz CT molecular complexity index is 981. The van der Waals surface area contributed by atoms with Gasteiger partial charge in [-0.2, -0.15) is 0 Å². The summed E-state index contributed by atoms with van der Waals surface area (Å²) in [5.74, 6) is -0.504. The van der Waals surface area contributed by atoms with Gasteiger partial charge in [-0.25, -0.2) is 4.39 Å². The van der Waals surface area contributed by atoms with Crippen molar-refractivity contribution in [2.75, 3.05) is 5.32 Å². The largest absolute Gasteiger partial charge is 0.354 e. The summed E-state index contributed by atoms with van der Waals surface area (Å²) in [6.07, 6.45) is 1.88. The second-order valence-corrected chi connectivity index (χ2v) is 6.82. The lowest BCUT2D eigenvalue weighted by Crippen LogP contribution is -2.31. The Hall–Kier alpha value is -2.79. The maximum absolute atomic E-state index is 13.8. The highest BCUT2D eigenvalue weighted by atomic mass is 32.2. The van der Waals surface area contributed by atoms with E-state index >= 15 is 0 Å². The summed E-state index contributed by atoms with van der Waals surface area (Å²) < 4.78 is 13.8. The van der Waals surface area contributed by atoms with Crippen molar-refractivity contribution in [1.82, 2.24) is 5.32 Å². The molecule has 3 nitrogen and oxygen atoms in total. The molecular formula is C20H15FN2OS. The molecule has 4 rings (SSSR count). The molecule has 0 spiro atoms. The summed E-state index contributed by atoms with van der Waals surface area (Å²) in [4.78, 5) is 12.9. The summed E-state index contributed by atoms with van der Waals surface area (Å²) in [6, 6.07) is 20.5. The van der Waals surface area contributed by atoms with Crippen LogP contribution in [0.1, 0.15) is 5.56 Å². The zero-order valence-electron chi connectivity index (χ0n) is 13.2. The van der Waals surface area contributed by atoms with Crippen LogP contribution in [0.3, 0.4) is 0 Å². The van der Waals surface area contributed by atoms with Gasteiger partial charge in [0.25, 0.3) is 5.91 Å². The SMILES string of the molecule is O=C1NC(Nc2ccccc2F)S/C1=C\c1cccc2ccccc12. The van der Waals surface area contributed by atoms with E-state index in [0.717, 1.165) is 16.3 Å². The Morgan fingerprint density at radius 1 is 1.00 bits per heavy atom. The Morgan fingerprint density at radius 3 is 2.64 bits per heavy atom. The zero-order valence-corrected chi connectivity index (χ0v) is 14.0. The number of para-hydroxylation sites is 1. The molecule has 1 amide bonds. The van der Waals surface area contributed by atoms with Gasteiger partial charge in [-0.15, -0.1) is 0 Å². The fourth-order valence-corrected chi connectivity index (χ4v) is 3.77. The molecule has 1 aliphatic rings. The van der Waals surface area contributed by atoms with Crippen molar-refractivity contribution in [3.05, 3.63) is 83.0 Å². The Labute approximate surface area is 148 Å². The summed E-state index contributed by atoms with van der Waals surface area (Å²) in [7, 11) is 0. The van der Waals surface area contributed by atoms with Gasteiger partial charge in [0.15, 0.2) is 5.50 Å². The summed E-state index contributed by atoms with van der Waals surface area (Å²) in [5, 5.41) is 8.05. The summed E-state index contributed by atoms with van der Waals surface area (Å²) in [5.41, 5.74) is 0.958. The number of fused-ring (bicyclic) bond motifs is 1. The number of thioether (sulfide) groups is 1. The maximum Gasteiger partial charge on any atom is 0.260 e. The highest BCUT2D eigenvalue weighted by molar-refractivity contribution is 8.05. The highest BCUT2D eigenvalue weighted by Crippen LogP contribution is 2.32. The van der Waals surface area contributed by atoms with Gasteiger partial charge in [0.05, 0.1) is 10.6 Å². The van der Waals surface area contributed by atoms with E-state index in [1.54, 1.807) is 18.2 Å². The molecular weight excluding hydrogens is 335 g/mol. The first-order chi connectivity index (χ1) is 12.2. The lowest BCUT2D eigenvalue weighted by Gasteiger charge is -2.13. The Morgan fingerprint density at radius 2 is 1.76 bits per heavy atom. The average Bonchev–Trinajstić information content (AvgIpc) is 2.97. The third-order valence-electron chi connectivity index (χ3n) is 4.00. The second kappa shape index (κ2) is 6.61. The van der Waals surface area contributed by atoms with E-state index in [-0.39, 0.29) is 11.7 Å². The van der Waals surface area contributed by atoms with Crippen LogP contribution in [0.15, 0.2) is 71.6 Å². The maximum atomic E-state index is 13.8. The van der Waals surface area contributed by atoms with E-state index in [2.05, 4.69) is 10.6 Å². The van der Waals surface area contributed by atoms with Crippen LogP contribution < -0.4 is 10.6 Å². The fourth-order valence-electron chi connectivity index (χ4n) is 2.80. The average molecular weight is 350 g/mol. The molecule has 3 aromatic carbocycles. The topological polar surface area (TPSA) is 41.1 Å². The van der Waals surface area contributed by atoms with Gasteiger partial charge in [0, 0.05) is 0 Å². The minimum absolute atomic E-state index is 0.160. The molecule has 0 aromatic heterocycles. The first-order valence-electron chi connectivity index (χ1n) is 7.89. The monoisotopic (exact) mass is 350 g/mol. The van der Waals surface area contributed by atoms with Crippen molar-refractivity contribution in [3.8, 4) is 0 Å². The fraction of sp³-hybridized carbons (Fsp3) is 0.0500. The number of benzene rings is 3. The highest BCUT2D eigenvalue weighted by Gasteiger charge is 2.27. The quantitative estimate of drug-likeness (QED) is 0.680. The number of hydrogen-bond acceptors (Lipinski definition) is 3. The predicted octanol–water partition coefficient (Wildman–Crippen LogP) is 4.58.